The molecule has 6 heteroatoms. The SMILES string of the molecule is Cl.O=C1CCC(=O)N1NO. The van der Waals surface area contributed by atoms with Crippen molar-refractivity contribution in [1.29, 1.82) is 0 Å². The van der Waals surface area contributed by atoms with E-state index < -0.39 is 0 Å². The Hall–Kier alpha value is -0.650. The molecule has 1 fully saturated rings. The van der Waals surface area contributed by atoms with Gasteiger partial charge >= 0.3 is 0 Å². The molecule has 0 unspecified atom stereocenters. The van der Waals surface area contributed by atoms with Crippen molar-refractivity contribution in [3.8, 4) is 0 Å². The minimum absolute atomic E-state index is 0. The monoisotopic (exact) mass is 166 g/mol. The van der Waals surface area contributed by atoms with Crippen LogP contribution in [0.25, 0.3) is 0 Å². The van der Waals surface area contributed by atoms with Gasteiger partial charge in [-0.1, -0.05) is 0 Å². The number of hydrogen-bond donors (Lipinski definition) is 2. The molecule has 0 atom stereocenters. The molecule has 0 radical (unpaired) electrons. The highest BCUT2D eigenvalue weighted by molar-refractivity contribution is 6.01. The van der Waals surface area contributed by atoms with Crippen molar-refractivity contribution in [2.24, 2.45) is 0 Å². The number of carbonyl (C=O) groups is 2. The van der Waals surface area contributed by atoms with Crippen LogP contribution in [-0.4, -0.2) is 22.0 Å². The number of hydrazine groups is 1. The van der Waals surface area contributed by atoms with E-state index in [-0.39, 0.29) is 37.1 Å². The Kier molecular flexibility index (Phi) is 3.27. The van der Waals surface area contributed by atoms with Gasteiger partial charge in [0.15, 0.2) is 0 Å². The molecule has 0 spiro atoms. The van der Waals surface area contributed by atoms with Crippen LogP contribution in [0.1, 0.15) is 12.8 Å². The van der Waals surface area contributed by atoms with Gasteiger partial charge in [0, 0.05) is 12.8 Å². The lowest BCUT2D eigenvalue weighted by molar-refractivity contribution is -0.152. The van der Waals surface area contributed by atoms with Crippen molar-refractivity contribution in [3.05, 3.63) is 0 Å². The van der Waals surface area contributed by atoms with Crippen LogP contribution in [0, 0.1) is 0 Å². The third kappa shape index (κ3) is 1.44. The Morgan fingerprint density at radius 2 is 1.70 bits per heavy atom. The van der Waals surface area contributed by atoms with Crippen molar-refractivity contribution >= 4 is 24.2 Å². The van der Waals surface area contributed by atoms with Crippen LogP contribution in [0.15, 0.2) is 0 Å². The van der Waals surface area contributed by atoms with Gasteiger partial charge < -0.3 is 0 Å². The third-order valence-electron chi connectivity index (χ3n) is 1.15. The summed E-state index contributed by atoms with van der Waals surface area (Å²) in [4.78, 5) is 21.0. The quantitative estimate of drug-likeness (QED) is 0.405. The van der Waals surface area contributed by atoms with Gasteiger partial charge in [0.25, 0.3) is 0 Å². The number of nitrogens with one attached hydrogen (secondary N) is 1. The maximum absolute atomic E-state index is 10.5. The van der Waals surface area contributed by atoms with Gasteiger partial charge in [-0.2, -0.15) is 5.01 Å². The fraction of sp³-hybridized carbons (Fsp3) is 0.500. The van der Waals surface area contributed by atoms with Crippen molar-refractivity contribution in [2.75, 3.05) is 0 Å². The average molecular weight is 167 g/mol. The standard InChI is InChI=1S/C4H6N2O3.ClH/c7-3-1-2-4(8)6(3)5-9;/h5,9H,1-2H2;1H. The van der Waals surface area contributed by atoms with E-state index in [1.807, 2.05) is 0 Å². The van der Waals surface area contributed by atoms with Gasteiger partial charge in [0.1, 0.15) is 0 Å². The molecule has 1 saturated heterocycles. The summed E-state index contributed by atoms with van der Waals surface area (Å²) in [5, 5.41) is 8.74. The molecule has 0 aliphatic carbocycles. The zero-order valence-corrected chi connectivity index (χ0v) is 5.85. The maximum atomic E-state index is 10.5. The first-order chi connectivity index (χ1) is 4.25. The van der Waals surface area contributed by atoms with E-state index in [1.165, 1.54) is 5.59 Å². The molecular formula is C4H7ClN2O3. The molecule has 1 heterocycles. The molecular weight excluding hydrogens is 160 g/mol. The van der Waals surface area contributed by atoms with Crippen LogP contribution in [0.3, 0.4) is 0 Å². The molecule has 1 aliphatic rings. The summed E-state index contributed by atoms with van der Waals surface area (Å²) in [6.07, 6.45) is 0.374. The molecule has 10 heavy (non-hydrogen) atoms. The number of nitrogens with zero attached hydrogens (tertiary/aromatic N) is 1. The molecule has 1 aliphatic heterocycles. The number of amides is 2. The van der Waals surface area contributed by atoms with E-state index in [0.717, 1.165) is 0 Å². The normalized spacial score (nSPS) is 17.5. The minimum atomic E-state index is -0.387. The summed E-state index contributed by atoms with van der Waals surface area (Å²) in [6.45, 7) is 0. The Morgan fingerprint density at radius 1 is 1.30 bits per heavy atom. The van der Waals surface area contributed by atoms with Crippen LogP contribution in [0.4, 0.5) is 0 Å². The first-order valence-electron chi connectivity index (χ1n) is 2.51. The highest BCUT2D eigenvalue weighted by Gasteiger charge is 2.28. The predicted molar refractivity (Wildman–Crippen MR) is 33.3 cm³/mol. The number of halogens is 1. The van der Waals surface area contributed by atoms with Crippen LogP contribution in [0.2, 0.25) is 0 Å². The molecule has 0 saturated carbocycles. The molecule has 0 aromatic heterocycles. The fourth-order valence-corrected chi connectivity index (χ4v) is 0.688. The van der Waals surface area contributed by atoms with Gasteiger partial charge in [0.05, 0.1) is 0 Å². The number of rotatable bonds is 1. The lowest BCUT2D eigenvalue weighted by Crippen LogP contribution is -2.39. The lowest BCUT2D eigenvalue weighted by Gasteiger charge is -2.07. The molecule has 2 amide bonds. The van der Waals surface area contributed by atoms with Crippen LogP contribution >= 0.6 is 12.4 Å². The molecule has 2 N–H and O–H groups in total. The summed E-state index contributed by atoms with van der Waals surface area (Å²) in [5.41, 5.74) is 1.50. The zero-order chi connectivity index (χ0) is 6.85. The molecule has 5 nitrogen and oxygen atoms in total. The van der Waals surface area contributed by atoms with Crippen molar-refractivity contribution in [1.82, 2.24) is 10.6 Å². The average Bonchev–Trinajstić information content (AvgIpc) is 2.12. The molecule has 1 rings (SSSR count). The fourth-order valence-electron chi connectivity index (χ4n) is 0.688. The Labute approximate surface area is 63.3 Å². The highest BCUT2D eigenvalue weighted by atomic mass is 35.5. The molecule has 58 valence electrons. The van der Waals surface area contributed by atoms with Gasteiger partial charge in [-0.3, -0.25) is 14.8 Å². The largest absolute Gasteiger partial charge is 0.297 e. The van der Waals surface area contributed by atoms with E-state index in [0.29, 0.717) is 5.01 Å². The van der Waals surface area contributed by atoms with Crippen LogP contribution in [0.5, 0.6) is 0 Å². The summed E-state index contributed by atoms with van der Waals surface area (Å²) in [7, 11) is 0. The highest BCUT2D eigenvalue weighted by Crippen LogP contribution is 2.07. The number of carbonyl (C=O) groups excluding carboxylic acids is 2. The van der Waals surface area contributed by atoms with E-state index in [1.54, 1.807) is 0 Å². The zero-order valence-electron chi connectivity index (χ0n) is 5.03. The smallest absolute Gasteiger partial charge is 0.246 e. The summed E-state index contributed by atoms with van der Waals surface area (Å²) >= 11 is 0. The van der Waals surface area contributed by atoms with Gasteiger partial charge in [0.2, 0.25) is 11.8 Å². The molecule has 0 aromatic carbocycles. The summed E-state index contributed by atoms with van der Waals surface area (Å²) in [6, 6.07) is 0. The third-order valence-corrected chi connectivity index (χ3v) is 1.15. The second kappa shape index (κ2) is 3.50. The van der Waals surface area contributed by atoms with E-state index in [4.69, 9.17) is 5.21 Å². The number of hydrogen-bond acceptors (Lipinski definition) is 4. The van der Waals surface area contributed by atoms with Crippen LogP contribution in [-0.2, 0) is 9.59 Å². The van der Waals surface area contributed by atoms with E-state index in [9.17, 15) is 9.59 Å². The lowest BCUT2D eigenvalue weighted by atomic mass is 10.4. The van der Waals surface area contributed by atoms with E-state index in [2.05, 4.69) is 0 Å². The second-order valence-electron chi connectivity index (χ2n) is 1.72. The van der Waals surface area contributed by atoms with Crippen molar-refractivity contribution < 1.29 is 14.8 Å². The van der Waals surface area contributed by atoms with Gasteiger partial charge in [-0.05, 0) is 0 Å². The second-order valence-corrected chi connectivity index (χ2v) is 1.72. The maximum Gasteiger partial charge on any atom is 0.246 e. The molecule has 0 bridgehead atoms. The van der Waals surface area contributed by atoms with E-state index >= 15 is 0 Å². The molecule has 0 aromatic rings. The topological polar surface area (TPSA) is 69.6 Å². The van der Waals surface area contributed by atoms with Gasteiger partial charge in [-0.15, -0.1) is 18.0 Å². The first kappa shape index (κ1) is 9.35. The first-order valence-corrected chi connectivity index (χ1v) is 2.51. The van der Waals surface area contributed by atoms with Crippen molar-refractivity contribution in [2.45, 2.75) is 12.8 Å². The Morgan fingerprint density at radius 3 is 1.90 bits per heavy atom. The Balaban J connectivity index is 0.000000810. The predicted octanol–water partition coefficient (Wildman–Crippen LogP) is -0.549. The summed E-state index contributed by atoms with van der Waals surface area (Å²) < 4.78 is 0. The number of imide groups is 1. The Bertz CT molecular complexity index is 145. The minimum Gasteiger partial charge on any atom is -0.297 e. The van der Waals surface area contributed by atoms with Crippen LogP contribution < -0.4 is 5.59 Å². The van der Waals surface area contributed by atoms with Gasteiger partial charge in [-0.25, -0.2) is 0 Å². The summed E-state index contributed by atoms with van der Waals surface area (Å²) in [5.74, 6) is -0.773. The van der Waals surface area contributed by atoms with Crippen molar-refractivity contribution in [3.63, 3.8) is 0 Å².